The van der Waals surface area contributed by atoms with Gasteiger partial charge in [-0.3, -0.25) is 4.79 Å². The van der Waals surface area contributed by atoms with Crippen LogP contribution in [0.2, 0.25) is 0 Å². The number of aryl methyl sites for hydroxylation is 2. The van der Waals surface area contributed by atoms with E-state index < -0.39 is 0 Å². The Kier molecular flexibility index (Phi) is 6.86. The number of carbonyl (C=O) groups is 1. The molecule has 2 aromatic rings. The quantitative estimate of drug-likeness (QED) is 0.712. The van der Waals surface area contributed by atoms with E-state index >= 15 is 0 Å². The predicted octanol–water partition coefficient (Wildman–Crippen LogP) is 4.28. The molecule has 0 saturated heterocycles. The Morgan fingerprint density at radius 2 is 1.79 bits per heavy atom. The van der Waals surface area contributed by atoms with Crippen molar-refractivity contribution in [2.45, 2.75) is 39.5 Å². The summed E-state index contributed by atoms with van der Waals surface area (Å²) < 4.78 is 0. The molecule has 0 saturated carbocycles. The summed E-state index contributed by atoms with van der Waals surface area (Å²) in [6.07, 6.45) is 1.95. The van der Waals surface area contributed by atoms with Gasteiger partial charge in [-0.25, -0.2) is 0 Å². The summed E-state index contributed by atoms with van der Waals surface area (Å²) in [5.41, 5.74) is 4.84. The van der Waals surface area contributed by atoms with Gasteiger partial charge in [0.1, 0.15) is 0 Å². The zero-order valence-electron chi connectivity index (χ0n) is 14.9. The largest absolute Gasteiger partial charge is 0.376 e. The van der Waals surface area contributed by atoms with Gasteiger partial charge in [0, 0.05) is 12.2 Å². The van der Waals surface area contributed by atoms with Crippen molar-refractivity contribution in [3.05, 3.63) is 65.2 Å². The molecule has 128 valence electrons. The number of rotatable bonds is 8. The van der Waals surface area contributed by atoms with Gasteiger partial charge in [0.15, 0.2) is 0 Å². The van der Waals surface area contributed by atoms with Crippen LogP contribution in [0.15, 0.2) is 48.5 Å². The first-order valence-electron chi connectivity index (χ1n) is 8.72. The summed E-state index contributed by atoms with van der Waals surface area (Å²) in [7, 11) is 0. The van der Waals surface area contributed by atoms with Crippen molar-refractivity contribution < 1.29 is 4.79 Å². The van der Waals surface area contributed by atoms with Crippen LogP contribution >= 0.6 is 0 Å². The first-order valence-corrected chi connectivity index (χ1v) is 8.72. The molecule has 0 aliphatic carbocycles. The Morgan fingerprint density at radius 1 is 1.04 bits per heavy atom. The molecule has 0 atom stereocenters. The van der Waals surface area contributed by atoms with E-state index in [1.165, 1.54) is 16.7 Å². The Balaban J connectivity index is 1.76. The first kappa shape index (κ1) is 18.1. The van der Waals surface area contributed by atoms with E-state index in [4.69, 9.17) is 0 Å². The minimum Gasteiger partial charge on any atom is -0.376 e. The highest BCUT2D eigenvalue weighted by Crippen LogP contribution is 2.27. The highest BCUT2D eigenvalue weighted by molar-refractivity contribution is 5.81. The maximum absolute atomic E-state index is 12.0. The molecule has 2 N–H and O–H groups in total. The smallest absolute Gasteiger partial charge is 0.239 e. The van der Waals surface area contributed by atoms with Gasteiger partial charge in [0.05, 0.1) is 6.54 Å². The fourth-order valence-corrected chi connectivity index (χ4v) is 2.81. The molecular weight excluding hydrogens is 296 g/mol. The molecule has 3 heteroatoms. The molecule has 0 aliphatic heterocycles. The molecule has 0 fully saturated rings. The zero-order valence-corrected chi connectivity index (χ0v) is 14.9. The minimum absolute atomic E-state index is 0.0426. The van der Waals surface area contributed by atoms with E-state index in [9.17, 15) is 4.79 Å². The molecular formula is C21H28N2O. The van der Waals surface area contributed by atoms with E-state index in [1.54, 1.807) is 0 Å². The molecule has 0 heterocycles. The second-order valence-corrected chi connectivity index (χ2v) is 6.49. The van der Waals surface area contributed by atoms with Gasteiger partial charge in [-0.2, -0.15) is 0 Å². The predicted molar refractivity (Wildman–Crippen MR) is 102 cm³/mol. The van der Waals surface area contributed by atoms with Crippen molar-refractivity contribution in [3.8, 4) is 0 Å². The lowest BCUT2D eigenvalue weighted by molar-refractivity contribution is -0.119. The number of para-hydroxylation sites is 1. The Labute approximate surface area is 145 Å². The molecule has 2 rings (SSSR count). The first-order chi connectivity index (χ1) is 11.6. The fourth-order valence-electron chi connectivity index (χ4n) is 2.81. The highest BCUT2D eigenvalue weighted by atomic mass is 16.1. The van der Waals surface area contributed by atoms with Gasteiger partial charge in [0.25, 0.3) is 0 Å². The molecule has 0 radical (unpaired) electrons. The average Bonchev–Trinajstić information content (AvgIpc) is 2.58. The summed E-state index contributed by atoms with van der Waals surface area (Å²) in [4.78, 5) is 12.0. The van der Waals surface area contributed by atoms with E-state index in [2.05, 4.69) is 61.7 Å². The van der Waals surface area contributed by atoms with Gasteiger partial charge in [-0.1, -0.05) is 62.4 Å². The molecule has 0 unspecified atom stereocenters. The van der Waals surface area contributed by atoms with Crippen LogP contribution in [0.3, 0.4) is 0 Å². The molecule has 0 spiro atoms. The lowest BCUT2D eigenvalue weighted by Gasteiger charge is -2.17. The molecule has 3 nitrogen and oxygen atoms in total. The van der Waals surface area contributed by atoms with Gasteiger partial charge in [-0.05, 0) is 42.4 Å². The van der Waals surface area contributed by atoms with E-state index in [1.807, 2.05) is 18.2 Å². The third-order valence-electron chi connectivity index (χ3n) is 4.16. The van der Waals surface area contributed by atoms with Crippen LogP contribution in [0.25, 0.3) is 0 Å². The summed E-state index contributed by atoms with van der Waals surface area (Å²) >= 11 is 0. The molecule has 2 aromatic carbocycles. The maximum atomic E-state index is 12.0. The van der Waals surface area contributed by atoms with Crippen molar-refractivity contribution in [1.82, 2.24) is 5.32 Å². The average molecular weight is 324 g/mol. The highest BCUT2D eigenvalue weighted by Gasteiger charge is 2.10. The number of anilines is 1. The molecule has 0 aromatic heterocycles. The Bertz CT molecular complexity index is 650. The monoisotopic (exact) mass is 324 g/mol. The van der Waals surface area contributed by atoms with E-state index in [-0.39, 0.29) is 5.91 Å². The fraction of sp³-hybridized carbons (Fsp3) is 0.381. The number of nitrogens with one attached hydrogen (secondary N) is 2. The van der Waals surface area contributed by atoms with Crippen LogP contribution in [0.1, 0.15) is 42.9 Å². The van der Waals surface area contributed by atoms with Crippen molar-refractivity contribution in [2.75, 3.05) is 18.4 Å². The van der Waals surface area contributed by atoms with Crippen LogP contribution in [0.4, 0.5) is 5.69 Å². The summed E-state index contributed by atoms with van der Waals surface area (Å²) in [5, 5.41) is 6.30. The van der Waals surface area contributed by atoms with Crippen LogP contribution in [-0.2, 0) is 11.2 Å². The Hall–Kier alpha value is -2.29. The number of hydrogen-bond acceptors (Lipinski definition) is 2. The summed E-state index contributed by atoms with van der Waals surface area (Å²) in [6.45, 7) is 7.44. The van der Waals surface area contributed by atoms with Crippen LogP contribution in [-0.4, -0.2) is 19.0 Å². The zero-order chi connectivity index (χ0) is 17.4. The second-order valence-electron chi connectivity index (χ2n) is 6.49. The topological polar surface area (TPSA) is 41.1 Å². The molecule has 24 heavy (non-hydrogen) atoms. The molecule has 0 bridgehead atoms. The van der Waals surface area contributed by atoms with Crippen LogP contribution in [0, 0.1) is 6.92 Å². The summed E-state index contributed by atoms with van der Waals surface area (Å²) in [5.74, 6) is 0.474. The number of hydrogen-bond donors (Lipinski definition) is 2. The Morgan fingerprint density at radius 3 is 2.50 bits per heavy atom. The van der Waals surface area contributed by atoms with Crippen molar-refractivity contribution in [2.24, 2.45) is 0 Å². The van der Waals surface area contributed by atoms with Crippen LogP contribution in [0.5, 0.6) is 0 Å². The van der Waals surface area contributed by atoms with Crippen LogP contribution < -0.4 is 10.6 Å². The second kappa shape index (κ2) is 9.11. The maximum Gasteiger partial charge on any atom is 0.239 e. The van der Waals surface area contributed by atoms with E-state index in [0.29, 0.717) is 19.0 Å². The van der Waals surface area contributed by atoms with Crippen molar-refractivity contribution in [1.29, 1.82) is 0 Å². The lowest BCUT2D eigenvalue weighted by Crippen LogP contribution is -2.31. The molecule has 0 aliphatic rings. The lowest BCUT2D eigenvalue weighted by atomic mass is 9.98. The van der Waals surface area contributed by atoms with Crippen molar-refractivity contribution in [3.63, 3.8) is 0 Å². The number of carbonyl (C=O) groups excluding carboxylic acids is 1. The standard InChI is InChI=1S/C21H28N2O/c1-16(2)19-13-7-9-17(3)21(19)23-15-20(24)22-14-8-12-18-10-5-4-6-11-18/h4-7,9-11,13,16,23H,8,12,14-15H2,1-3H3,(H,22,24). The summed E-state index contributed by atoms with van der Waals surface area (Å²) in [6, 6.07) is 16.6. The molecule has 1 amide bonds. The van der Waals surface area contributed by atoms with Gasteiger partial charge >= 0.3 is 0 Å². The number of benzene rings is 2. The van der Waals surface area contributed by atoms with Gasteiger partial charge in [0.2, 0.25) is 5.91 Å². The third kappa shape index (κ3) is 5.41. The van der Waals surface area contributed by atoms with Gasteiger partial charge < -0.3 is 10.6 Å². The van der Waals surface area contributed by atoms with Gasteiger partial charge in [-0.15, -0.1) is 0 Å². The SMILES string of the molecule is Cc1cccc(C(C)C)c1NCC(=O)NCCCc1ccccc1. The van der Waals surface area contributed by atoms with Crippen molar-refractivity contribution >= 4 is 11.6 Å². The van der Waals surface area contributed by atoms with E-state index in [0.717, 1.165) is 18.5 Å². The third-order valence-corrected chi connectivity index (χ3v) is 4.16. The normalized spacial score (nSPS) is 10.7. The number of amides is 1. The minimum atomic E-state index is 0.0426.